The van der Waals surface area contributed by atoms with Crippen LogP contribution in [0.3, 0.4) is 0 Å². The van der Waals surface area contributed by atoms with Crippen LogP contribution in [-0.4, -0.2) is 26.7 Å². The number of methoxy groups -OCH3 is 1. The molecule has 0 spiro atoms. The van der Waals surface area contributed by atoms with Gasteiger partial charge in [0.25, 0.3) is 0 Å². The standard InChI is InChI=1S/C14H19ClN2O2/c1-17(8-9-4-3-5-9)13-11(14(18)19-2)6-10(16)7-12(13)15/h6-7,9H,3-5,8,16H2,1-2H3. The topological polar surface area (TPSA) is 55.6 Å². The Morgan fingerprint density at radius 2 is 2.21 bits per heavy atom. The highest BCUT2D eigenvalue weighted by molar-refractivity contribution is 6.34. The van der Waals surface area contributed by atoms with Crippen LogP contribution in [0, 0.1) is 5.92 Å². The van der Waals surface area contributed by atoms with Crippen molar-refractivity contribution < 1.29 is 9.53 Å². The summed E-state index contributed by atoms with van der Waals surface area (Å²) in [6.07, 6.45) is 3.77. The second-order valence-corrected chi connectivity index (χ2v) is 5.48. The largest absolute Gasteiger partial charge is 0.465 e. The number of halogens is 1. The lowest BCUT2D eigenvalue weighted by Crippen LogP contribution is -2.30. The molecule has 0 amide bonds. The van der Waals surface area contributed by atoms with E-state index < -0.39 is 5.97 Å². The fourth-order valence-corrected chi connectivity index (χ4v) is 2.80. The van der Waals surface area contributed by atoms with Gasteiger partial charge in [0.05, 0.1) is 23.4 Å². The average molecular weight is 283 g/mol. The maximum Gasteiger partial charge on any atom is 0.340 e. The van der Waals surface area contributed by atoms with E-state index in [0.717, 1.165) is 6.54 Å². The molecule has 19 heavy (non-hydrogen) atoms. The van der Waals surface area contributed by atoms with E-state index in [-0.39, 0.29) is 0 Å². The van der Waals surface area contributed by atoms with Crippen LogP contribution in [0.1, 0.15) is 29.6 Å². The van der Waals surface area contributed by atoms with Gasteiger partial charge in [0, 0.05) is 19.3 Å². The molecule has 1 fully saturated rings. The van der Waals surface area contributed by atoms with E-state index in [1.807, 2.05) is 11.9 Å². The Labute approximate surface area is 118 Å². The van der Waals surface area contributed by atoms with Crippen LogP contribution in [0.5, 0.6) is 0 Å². The predicted octanol–water partition coefficient (Wildman–Crippen LogP) is 2.95. The van der Waals surface area contributed by atoms with Crippen molar-refractivity contribution in [3.05, 3.63) is 22.7 Å². The SMILES string of the molecule is COC(=O)c1cc(N)cc(Cl)c1N(C)CC1CCC1. The second-order valence-electron chi connectivity index (χ2n) is 5.07. The summed E-state index contributed by atoms with van der Waals surface area (Å²) in [7, 11) is 3.30. The minimum Gasteiger partial charge on any atom is -0.465 e. The van der Waals surface area contributed by atoms with Gasteiger partial charge in [-0.25, -0.2) is 4.79 Å². The van der Waals surface area contributed by atoms with Crippen LogP contribution in [0.15, 0.2) is 12.1 Å². The number of ether oxygens (including phenoxy) is 1. The number of anilines is 2. The molecule has 2 N–H and O–H groups in total. The third-order valence-corrected chi connectivity index (χ3v) is 3.92. The lowest BCUT2D eigenvalue weighted by Gasteiger charge is -2.32. The van der Waals surface area contributed by atoms with Gasteiger partial charge in [0.15, 0.2) is 0 Å². The molecule has 1 aromatic carbocycles. The summed E-state index contributed by atoms with van der Waals surface area (Å²) in [6.45, 7) is 0.896. The van der Waals surface area contributed by atoms with Crippen molar-refractivity contribution in [2.75, 3.05) is 31.3 Å². The van der Waals surface area contributed by atoms with Crippen molar-refractivity contribution in [1.29, 1.82) is 0 Å². The Kier molecular flexibility index (Phi) is 4.20. The number of carbonyl (C=O) groups excluding carboxylic acids is 1. The molecule has 1 aromatic rings. The molecule has 1 aliphatic rings. The normalized spacial score (nSPS) is 14.9. The predicted molar refractivity (Wildman–Crippen MR) is 77.8 cm³/mol. The Balaban J connectivity index is 2.32. The van der Waals surface area contributed by atoms with Crippen LogP contribution >= 0.6 is 11.6 Å². The van der Waals surface area contributed by atoms with Gasteiger partial charge >= 0.3 is 5.97 Å². The Morgan fingerprint density at radius 3 is 2.74 bits per heavy atom. The highest BCUT2D eigenvalue weighted by Crippen LogP contribution is 2.35. The maximum atomic E-state index is 11.8. The van der Waals surface area contributed by atoms with Crippen molar-refractivity contribution in [1.82, 2.24) is 0 Å². The summed E-state index contributed by atoms with van der Waals surface area (Å²) in [4.78, 5) is 13.9. The van der Waals surface area contributed by atoms with E-state index in [2.05, 4.69) is 0 Å². The lowest BCUT2D eigenvalue weighted by atomic mass is 9.85. The number of esters is 1. The number of hydrogen-bond acceptors (Lipinski definition) is 4. The molecule has 2 rings (SSSR count). The van der Waals surface area contributed by atoms with E-state index in [9.17, 15) is 4.79 Å². The Bertz CT molecular complexity index is 487. The highest BCUT2D eigenvalue weighted by atomic mass is 35.5. The molecule has 0 aliphatic heterocycles. The third kappa shape index (κ3) is 2.95. The van der Waals surface area contributed by atoms with Gasteiger partial charge in [-0.1, -0.05) is 18.0 Å². The lowest BCUT2D eigenvalue weighted by molar-refractivity contribution is 0.0601. The molecule has 0 unspecified atom stereocenters. The van der Waals surface area contributed by atoms with Gasteiger partial charge in [0.2, 0.25) is 0 Å². The first-order chi connectivity index (χ1) is 9.02. The molecule has 1 saturated carbocycles. The molecule has 1 aliphatic carbocycles. The molecule has 0 atom stereocenters. The summed E-state index contributed by atoms with van der Waals surface area (Å²) in [6, 6.07) is 3.28. The number of nitrogens with two attached hydrogens (primary N) is 1. The van der Waals surface area contributed by atoms with Gasteiger partial charge in [-0.3, -0.25) is 0 Å². The number of hydrogen-bond donors (Lipinski definition) is 1. The minimum atomic E-state index is -0.412. The van der Waals surface area contributed by atoms with E-state index in [1.54, 1.807) is 12.1 Å². The summed E-state index contributed by atoms with van der Waals surface area (Å²) >= 11 is 6.25. The van der Waals surface area contributed by atoms with E-state index in [0.29, 0.717) is 27.9 Å². The first-order valence-corrected chi connectivity index (χ1v) is 6.79. The third-order valence-electron chi connectivity index (χ3n) is 3.63. The van der Waals surface area contributed by atoms with Crippen LogP contribution < -0.4 is 10.6 Å². The van der Waals surface area contributed by atoms with Crippen molar-refractivity contribution in [2.24, 2.45) is 5.92 Å². The average Bonchev–Trinajstić information content (AvgIpc) is 2.31. The fraction of sp³-hybridized carbons (Fsp3) is 0.500. The quantitative estimate of drug-likeness (QED) is 0.681. The zero-order valence-corrected chi connectivity index (χ0v) is 12.0. The van der Waals surface area contributed by atoms with Gasteiger partial charge in [-0.15, -0.1) is 0 Å². The van der Waals surface area contributed by atoms with Crippen molar-refractivity contribution in [2.45, 2.75) is 19.3 Å². The van der Waals surface area contributed by atoms with Crippen LogP contribution in [-0.2, 0) is 4.74 Å². The summed E-state index contributed by atoms with van der Waals surface area (Å²) in [5.41, 5.74) is 7.34. The van der Waals surface area contributed by atoms with Crippen molar-refractivity contribution >= 4 is 28.9 Å². The fourth-order valence-electron chi connectivity index (χ4n) is 2.43. The van der Waals surface area contributed by atoms with Crippen molar-refractivity contribution in [3.63, 3.8) is 0 Å². The summed E-state index contributed by atoms with van der Waals surface area (Å²) in [5, 5.41) is 0.488. The number of carbonyl (C=O) groups is 1. The molecule has 0 aromatic heterocycles. The molecule has 0 bridgehead atoms. The Morgan fingerprint density at radius 1 is 1.53 bits per heavy atom. The van der Waals surface area contributed by atoms with Crippen molar-refractivity contribution in [3.8, 4) is 0 Å². The minimum absolute atomic E-state index is 0.412. The summed E-state index contributed by atoms with van der Waals surface area (Å²) in [5.74, 6) is 0.272. The molecular weight excluding hydrogens is 264 g/mol. The first kappa shape index (κ1) is 14.0. The van der Waals surface area contributed by atoms with Gasteiger partial charge in [-0.05, 0) is 30.9 Å². The number of rotatable bonds is 4. The molecule has 0 saturated heterocycles. The van der Waals surface area contributed by atoms with Gasteiger partial charge in [0.1, 0.15) is 0 Å². The zero-order chi connectivity index (χ0) is 14.0. The number of benzene rings is 1. The molecule has 0 heterocycles. The molecule has 104 valence electrons. The Hall–Kier alpha value is -1.42. The first-order valence-electron chi connectivity index (χ1n) is 6.41. The zero-order valence-electron chi connectivity index (χ0n) is 11.3. The maximum absolute atomic E-state index is 11.8. The highest BCUT2D eigenvalue weighted by Gasteiger charge is 2.24. The van der Waals surface area contributed by atoms with E-state index in [1.165, 1.54) is 26.4 Å². The van der Waals surface area contributed by atoms with Gasteiger partial charge < -0.3 is 15.4 Å². The van der Waals surface area contributed by atoms with Crippen LogP contribution in [0.4, 0.5) is 11.4 Å². The van der Waals surface area contributed by atoms with E-state index >= 15 is 0 Å². The van der Waals surface area contributed by atoms with Crippen LogP contribution in [0.25, 0.3) is 0 Å². The summed E-state index contributed by atoms with van der Waals surface area (Å²) < 4.78 is 4.80. The number of nitrogen functional groups attached to an aromatic ring is 1. The monoisotopic (exact) mass is 282 g/mol. The molecular formula is C14H19ClN2O2. The van der Waals surface area contributed by atoms with Crippen LogP contribution in [0.2, 0.25) is 5.02 Å². The smallest absolute Gasteiger partial charge is 0.340 e. The molecule has 0 radical (unpaired) electrons. The molecule has 5 heteroatoms. The molecule has 4 nitrogen and oxygen atoms in total. The van der Waals surface area contributed by atoms with Gasteiger partial charge in [-0.2, -0.15) is 0 Å². The van der Waals surface area contributed by atoms with E-state index in [4.69, 9.17) is 22.1 Å². The number of nitrogens with zero attached hydrogens (tertiary/aromatic N) is 1. The second kappa shape index (κ2) is 5.70.